The maximum Gasteiger partial charge on any atom is 0.263 e. The molecule has 0 aliphatic carbocycles. The lowest BCUT2D eigenvalue weighted by Gasteiger charge is -2.01. The number of aryl methyl sites for hydroxylation is 2. The Kier molecular flexibility index (Phi) is 3.41. The molecule has 4 nitrogen and oxygen atoms in total. The third-order valence-corrected chi connectivity index (χ3v) is 2.38. The second-order valence-corrected chi connectivity index (χ2v) is 3.64. The zero-order valence-electron chi connectivity index (χ0n) is 8.81. The molecule has 0 aliphatic rings. The Morgan fingerprint density at radius 1 is 1.25 bits per heavy atom. The van der Waals surface area contributed by atoms with E-state index in [-0.39, 0.29) is 5.28 Å². The van der Waals surface area contributed by atoms with E-state index in [0.717, 1.165) is 12.2 Å². The molecule has 5 heteroatoms. The summed E-state index contributed by atoms with van der Waals surface area (Å²) in [7, 11) is 1.65. The molecular weight excluding hydrogens is 228 g/mol. The van der Waals surface area contributed by atoms with Crippen molar-refractivity contribution in [3.05, 3.63) is 41.0 Å². The van der Waals surface area contributed by atoms with Crippen LogP contribution >= 0.6 is 11.6 Å². The van der Waals surface area contributed by atoms with Gasteiger partial charge in [0.25, 0.3) is 5.28 Å². The molecule has 0 saturated heterocycles. The van der Waals surface area contributed by atoms with Crippen molar-refractivity contribution in [2.75, 3.05) is 7.11 Å². The second kappa shape index (κ2) is 4.99. The highest BCUT2D eigenvalue weighted by atomic mass is 35.5. The fourth-order valence-corrected chi connectivity index (χ4v) is 1.51. The molecule has 0 saturated carbocycles. The minimum absolute atomic E-state index is 0.157. The minimum atomic E-state index is 0.157. The van der Waals surface area contributed by atoms with Gasteiger partial charge in [-0.15, -0.1) is 0 Å². The number of aromatic nitrogens is 2. The first kappa shape index (κ1) is 11.0. The number of rotatable bonds is 4. The van der Waals surface area contributed by atoms with Gasteiger partial charge in [0.05, 0.1) is 7.11 Å². The molecule has 2 rings (SSSR count). The molecule has 0 spiro atoms. The number of methoxy groups -OCH3 is 1. The monoisotopic (exact) mass is 238 g/mol. The van der Waals surface area contributed by atoms with Gasteiger partial charge in [-0.1, -0.05) is 12.1 Å². The standard InChI is InChI=1S/C11H11ClN2O2/c1-15-9-5-2-8(3-6-9)4-7-10-13-11(12)14-16-10/h2-3,5-6H,4,7H2,1H3. The summed E-state index contributed by atoms with van der Waals surface area (Å²) in [5, 5.41) is 3.67. The Morgan fingerprint density at radius 3 is 2.56 bits per heavy atom. The Morgan fingerprint density at radius 2 is 2.00 bits per heavy atom. The van der Waals surface area contributed by atoms with Gasteiger partial charge in [0.1, 0.15) is 5.75 Å². The van der Waals surface area contributed by atoms with Crippen LogP contribution in [0.4, 0.5) is 0 Å². The highest BCUT2D eigenvalue weighted by molar-refractivity contribution is 6.28. The smallest absolute Gasteiger partial charge is 0.263 e. The number of hydrogen-bond donors (Lipinski definition) is 0. The van der Waals surface area contributed by atoms with Crippen LogP contribution in [0.2, 0.25) is 5.28 Å². The second-order valence-electron chi connectivity index (χ2n) is 3.31. The molecule has 16 heavy (non-hydrogen) atoms. The van der Waals surface area contributed by atoms with Crippen molar-refractivity contribution in [1.82, 2.24) is 10.1 Å². The quantitative estimate of drug-likeness (QED) is 0.821. The average molecular weight is 239 g/mol. The van der Waals surface area contributed by atoms with Crippen molar-refractivity contribution in [2.45, 2.75) is 12.8 Å². The summed E-state index contributed by atoms with van der Waals surface area (Å²) >= 11 is 5.55. The van der Waals surface area contributed by atoms with Crippen molar-refractivity contribution in [2.24, 2.45) is 0 Å². The molecule has 1 aromatic heterocycles. The highest BCUT2D eigenvalue weighted by Gasteiger charge is 2.04. The molecule has 0 atom stereocenters. The maximum atomic E-state index is 5.55. The number of nitrogens with zero attached hydrogens (tertiary/aromatic N) is 2. The molecule has 2 aromatic rings. The summed E-state index contributed by atoms with van der Waals surface area (Å²) in [4.78, 5) is 3.92. The first-order chi connectivity index (χ1) is 7.78. The summed E-state index contributed by atoms with van der Waals surface area (Å²) in [6.07, 6.45) is 1.52. The summed E-state index contributed by atoms with van der Waals surface area (Å²) in [6, 6.07) is 7.87. The normalized spacial score (nSPS) is 10.4. The molecule has 0 N–H and O–H groups in total. The van der Waals surface area contributed by atoms with Crippen molar-refractivity contribution < 1.29 is 9.26 Å². The number of benzene rings is 1. The van der Waals surface area contributed by atoms with Crippen LogP contribution in [0.5, 0.6) is 5.75 Å². The van der Waals surface area contributed by atoms with E-state index in [1.165, 1.54) is 5.56 Å². The Balaban J connectivity index is 1.94. The molecule has 0 fully saturated rings. The lowest BCUT2D eigenvalue weighted by molar-refractivity contribution is 0.377. The Labute approximate surface area is 98.2 Å². The van der Waals surface area contributed by atoms with Crippen LogP contribution in [0.15, 0.2) is 28.8 Å². The van der Waals surface area contributed by atoms with Gasteiger partial charge in [-0.25, -0.2) is 0 Å². The van der Waals surface area contributed by atoms with Gasteiger partial charge in [0.15, 0.2) is 0 Å². The molecular formula is C11H11ClN2O2. The fourth-order valence-electron chi connectivity index (χ4n) is 1.38. The fraction of sp³-hybridized carbons (Fsp3) is 0.273. The molecule has 1 heterocycles. The molecule has 0 bridgehead atoms. The van der Waals surface area contributed by atoms with Crippen LogP contribution in [-0.2, 0) is 12.8 Å². The van der Waals surface area contributed by atoms with Crippen LogP contribution in [0, 0.1) is 0 Å². The van der Waals surface area contributed by atoms with Gasteiger partial charge in [-0.05, 0) is 40.9 Å². The van der Waals surface area contributed by atoms with E-state index in [2.05, 4.69) is 10.1 Å². The van der Waals surface area contributed by atoms with E-state index in [1.54, 1.807) is 7.11 Å². The molecule has 0 unspecified atom stereocenters. The van der Waals surface area contributed by atoms with Crippen LogP contribution in [0.3, 0.4) is 0 Å². The van der Waals surface area contributed by atoms with Gasteiger partial charge in [0, 0.05) is 6.42 Å². The van der Waals surface area contributed by atoms with Gasteiger partial charge < -0.3 is 9.26 Å². The summed E-state index contributed by atoms with van der Waals surface area (Å²) < 4.78 is 9.99. The number of halogens is 1. The maximum absolute atomic E-state index is 5.55. The minimum Gasteiger partial charge on any atom is -0.497 e. The summed E-state index contributed by atoms with van der Waals surface area (Å²) in [5.74, 6) is 1.41. The Bertz CT molecular complexity index is 453. The Hall–Kier alpha value is -1.55. The summed E-state index contributed by atoms with van der Waals surface area (Å²) in [6.45, 7) is 0. The van der Waals surface area contributed by atoms with E-state index in [1.807, 2.05) is 24.3 Å². The first-order valence-electron chi connectivity index (χ1n) is 4.89. The number of hydrogen-bond acceptors (Lipinski definition) is 4. The average Bonchev–Trinajstić information content (AvgIpc) is 2.73. The van der Waals surface area contributed by atoms with E-state index in [0.29, 0.717) is 12.3 Å². The predicted molar refractivity (Wildman–Crippen MR) is 59.7 cm³/mol. The van der Waals surface area contributed by atoms with E-state index in [4.69, 9.17) is 20.9 Å². The lowest BCUT2D eigenvalue weighted by atomic mass is 10.1. The van der Waals surface area contributed by atoms with E-state index >= 15 is 0 Å². The third kappa shape index (κ3) is 2.73. The first-order valence-corrected chi connectivity index (χ1v) is 5.27. The zero-order valence-corrected chi connectivity index (χ0v) is 9.57. The lowest BCUT2D eigenvalue weighted by Crippen LogP contribution is -1.91. The zero-order chi connectivity index (χ0) is 11.4. The molecule has 1 aromatic carbocycles. The largest absolute Gasteiger partial charge is 0.497 e. The van der Waals surface area contributed by atoms with Crippen LogP contribution in [-0.4, -0.2) is 17.3 Å². The van der Waals surface area contributed by atoms with Crippen molar-refractivity contribution in [1.29, 1.82) is 0 Å². The molecule has 0 aliphatic heterocycles. The van der Waals surface area contributed by atoms with Gasteiger partial charge in [-0.3, -0.25) is 0 Å². The van der Waals surface area contributed by atoms with Gasteiger partial charge in [-0.2, -0.15) is 4.98 Å². The van der Waals surface area contributed by atoms with Crippen LogP contribution in [0.25, 0.3) is 0 Å². The van der Waals surface area contributed by atoms with Gasteiger partial charge in [0.2, 0.25) is 5.89 Å². The highest BCUT2D eigenvalue weighted by Crippen LogP contribution is 2.13. The van der Waals surface area contributed by atoms with Crippen molar-refractivity contribution in [3.63, 3.8) is 0 Å². The molecule has 84 valence electrons. The van der Waals surface area contributed by atoms with Crippen LogP contribution in [0.1, 0.15) is 11.5 Å². The summed E-state index contributed by atoms with van der Waals surface area (Å²) in [5.41, 5.74) is 1.19. The molecule has 0 amide bonds. The van der Waals surface area contributed by atoms with Crippen LogP contribution < -0.4 is 4.74 Å². The van der Waals surface area contributed by atoms with E-state index in [9.17, 15) is 0 Å². The number of ether oxygens (including phenoxy) is 1. The predicted octanol–water partition coefficient (Wildman–Crippen LogP) is 2.52. The van der Waals surface area contributed by atoms with Gasteiger partial charge >= 0.3 is 0 Å². The third-order valence-electron chi connectivity index (χ3n) is 2.23. The van der Waals surface area contributed by atoms with Crippen molar-refractivity contribution in [3.8, 4) is 5.75 Å². The topological polar surface area (TPSA) is 48.2 Å². The van der Waals surface area contributed by atoms with E-state index < -0.39 is 0 Å². The molecule has 0 radical (unpaired) electrons. The SMILES string of the molecule is COc1ccc(CCc2nc(Cl)no2)cc1. The van der Waals surface area contributed by atoms with Crippen molar-refractivity contribution >= 4 is 11.6 Å².